The van der Waals surface area contributed by atoms with Crippen molar-refractivity contribution in [3.8, 4) is 17.2 Å². The van der Waals surface area contributed by atoms with E-state index in [1.165, 1.54) is 0 Å². The van der Waals surface area contributed by atoms with E-state index in [0.29, 0.717) is 24.4 Å². The molecule has 1 unspecified atom stereocenters. The third kappa shape index (κ3) is 6.17. The number of nitriles is 1. The van der Waals surface area contributed by atoms with Gasteiger partial charge in [0.05, 0.1) is 5.41 Å². The van der Waals surface area contributed by atoms with Crippen molar-refractivity contribution in [1.29, 1.82) is 5.26 Å². The van der Waals surface area contributed by atoms with E-state index in [9.17, 15) is 10.4 Å². The first-order chi connectivity index (χ1) is 25.9. The number of aliphatic hydroxyl groups is 1. The maximum atomic E-state index is 11.2. The van der Waals surface area contributed by atoms with Crippen molar-refractivity contribution in [1.82, 2.24) is 9.55 Å². The molecule has 6 aromatic rings. The SMILES string of the molecule is CCCCc1nc(C(C)(O)CC)c(C#N)n1Cc1ccc(-c2ccccc2C2(C(c3ccccc3)(c3ccccc3)c3ccccc3)N=NN=N2)cc1. The number of hydrogen-bond donors (Lipinski definition) is 1. The molecule has 1 N–H and O–H groups in total. The Labute approximate surface area is 311 Å². The quantitative estimate of drug-likeness (QED) is 0.121. The van der Waals surface area contributed by atoms with E-state index < -0.39 is 16.7 Å². The van der Waals surface area contributed by atoms with Crippen LogP contribution in [0, 0.1) is 11.3 Å². The molecular formula is C45H43N7O. The summed E-state index contributed by atoms with van der Waals surface area (Å²) in [6.45, 7) is 6.24. The van der Waals surface area contributed by atoms with Crippen LogP contribution in [0.3, 0.4) is 0 Å². The lowest BCUT2D eigenvalue weighted by atomic mass is 9.59. The Hall–Kier alpha value is -6.04. The summed E-state index contributed by atoms with van der Waals surface area (Å²) in [5.74, 6) is 0.819. The summed E-state index contributed by atoms with van der Waals surface area (Å²) < 4.78 is 1.97. The molecule has 1 aliphatic heterocycles. The average molecular weight is 698 g/mol. The average Bonchev–Trinajstić information content (AvgIpc) is 3.85. The molecule has 0 spiro atoms. The molecule has 264 valence electrons. The first kappa shape index (κ1) is 35.4. The molecule has 0 saturated carbocycles. The minimum Gasteiger partial charge on any atom is -0.384 e. The van der Waals surface area contributed by atoms with Gasteiger partial charge in [-0.2, -0.15) is 5.26 Å². The molecule has 0 amide bonds. The lowest BCUT2D eigenvalue weighted by Gasteiger charge is -2.45. The topological polar surface area (TPSA) is 111 Å². The highest BCUT2D eigenvalue weighted by atomic mass is 16.3. The Morgan fingerprint density at radius 2 is 1.25 bits per heavy atom. The van der Waals surface area contributed by atoms with E-state index in [1.807, 2.05) is 41.8 Å². The maximum Gasteiger partial charge on any atom is 0.238 e. The Kier molecular flexibility index (Phi) is 9.94. The summed E-state index contributed by atoms with van der Waals surface area (Å²) in [4.78, 5) is 4.84. The van der Waals surface area contributed by atoms with Crippen molar-refractivity contribution in [3.63, 3.8) is 0 Å². The summed E-state index contributed by atoms with van der Waals surface area (Å²) in [6.07, 6.45) is 3.13. The molecule has 1 atom stereocenters. The van der Waals surface area contributed by atoms with Crippen LogP contribution in [-0.2, 0) is 29.6 Å². The van der Waals surface area contributed by atoms with Crippen LogP contribution in [-0.4, -0.2) is 14.7 Å². The van der Waals surface area contributed by atoms with Gasteiger partial charge >= 0.3 is 0 Å². The van der Waals surface area contributed by atoms with Crippen molar-refractivity contribution < 1.29 is 5.11 Å². The van der Waals surface area contributed by atoms with Gasteiger partial charge in [0.25, 0.3) is 0 Å². The van der Waals surface area contributed by atoms with Gasteiger partial charge in [0.1, 0.15) is 28.9 Å². The van der Waals surface area contributed by atoms with Crippen molar-refractivity contribution in [3.05, 3.63) is 185 Å². The van der Waals surface area contributed by atoms with Crippen molar-refractivity contribution >= 4 is 0 Å². The van der Waals surface area contributed by atoms with Gasteiger partial charge in [-0.05, 0) is 63.6 Å². The fourth-order valence-electron chi connectivity index (χ4n) is 7.68. The number of imidazole rings is 1. The van der Waals surface area contributed by atoms with E-state index in [0.717, 1.165) is 64.0 Å². The lowest BCUT2D eigenvalue weighted by Crippen LogP contribution is -2.48. The van der Waals surface area contributed by atoms with Gasteiger partial charge in [0.2, 0.25) is 5.66 Å². The zero-order valence-corrected chi connectivity index (χ0v) is 30.4. The van der Waals surface area contributed by atoms with E-state index in [1.54, 1.807) is 6.92 Å². The molecule has 0 saturated heterocycles. The van der Waals surface area contributed by atoms with Gasteiger partial charge in [-0.3, -0.25) is 0 Å². The van der Waals surface area contributed by atoms with Gasteiger partial charge in [0, 0.05) is 18.5 Å². The van der Waals surface area contributed by atoms with Crippen LogP contribution in [0.4, 0.5) is 0 Å². The lowest BCUT2D eigenvalue weighted by molar-refractivity contribution is 0.0484. The van der Waals surface area contributed by atoms with Crippen LogP contribution >= 0.6 is 0 Å². The molecule has 0 aliphatic carbocycles. The summed E-state index contributed by atoms with van der Waals surface area (Å²) >= 11 is 0. The largest absolute Gasteiger partial charge is 0.384 e. The first-order valence-electron chi connectivity index (χ1n) is 18.3. The third-order valence-corrected chi connectivity index (χ3v) is 10.6. The second-order valence-electron chi connectivity index (χ2n) is 13.8. The Morgan fingerprint density at radius 3 is 1.75 bits per heavy atom. The molecule has 0 radical (unpaired) electrons. The smallest absolute Gasteiger partial charge is 0.238 e. The Bertz CT molecular complexity index is 2160. The summed E-state index contributed by atoms with van der Waals surface area (Å²) in [5, 5.41) is 40.0. The molecule has 2 heterocycles. The van der Waals surface area contributed by atoms with Gasteiger partial charge in [-0.25, -0.2) is 4.98 Å². The summed E-state index contributed by atoms with van der Waals surface area (Å²) in [5.41, 5.74) is 4.27. The monoisotopic (exact) mass is 697 g/mol. The highest BCUT2D eigenvalue weighted by Gasteiger charge is 2.60. The number of rotatable bonds is 13. The third-order valence-electron chi connectivity index (χ3n) is 10.6. The first-order valence-corrected chi connectivity index (χ1v) is 18.3. The molecule has 1 aromatic heterocycles. The molecular weight excluding hydrogens is 655 g/mol. The molecule has 7 rings (SSSR count). The van der Waals surface area contributed by atoms with Crippen molar-refractivity contribution in [2.75, 3.05) is 0 Å². The predicted molar refractivity (Wildman–Crippen MR) is 207 cm³/mol. The van der Waals surface area contributed by atoms with E-state index in [4.69, 9.17) is 15.2 Å². The number of unbranched alkanes of at least 4 members (excludes halogenated alkanes) is 1. The highest BCUT2D eigenvalue weighted by molar-refractivity contribution is 5.72. The second kappa shape index (κ2) is 14.9. The maximum absolute atomic E-state index is 11.2. The summed E-state index contributed by atoms with van der Waals surface area (Å²) in [7, 11) is 0. The highest BCUT2D eigenvalue weighted by Crippen LogP contribution is 2.58. The van der Waals surface area contributed by atoms with Crippen LogP contribution in [0.5, 0.6) is 0 Å². The van der Waals surface area contributed by atoms with Crippen LogP contribution in [0.15, 0.2) is 160 Å². The Balaban J connectivity index is 1.38. The van der Waals surface area contributed by atoms with Crippen LogP contribution in [0.25, 0.3) is 11.1 Å². The van der Waals surface area contributed by atoms with E-state index in [2.05, 4.69) is 133 Å². The van der Waals surface area contributed by atoms with Gasteiger partial charge < -0.3 is 9.67 Å². The zero-order valence-electron chi connectivity index (χ0n) is 30.4. The molecule has 1 aliphatic rings. The number of hydrogen-bond acceptors (Lipinski definition) is 7. The zero-order chi connectivity index (χ0) is 36.9. The predicted octanol–water partition coefficient (Wildman–Crippen LogP) is 10.5. The van der Waals surface area contributed by atoms with Crippen LogP contribution in [0.1, 0.15) is 85.1 Å². The normalized spacial score (nSPS) is 14.5. The van der Waals surface area contributed by atoms with Crippen molar-refractivity contribution in [2.24, 2.45) is 20.7 Å². The van der Waals surface area contributed by atoms with Gasteiger partial charge in [-0.15, -0.1) is 10.2 Å². The van der Waals surface area contributed by atoms with Crippen LogP contribution < -0.4 is 0 Å². The van der Waals surface area contributed by atoms with Gasteiger partial charge in [-0.1, -0.05) is 160 Å². The van der Waals surface area contributed by atoms with Crippen LogP contribution in [0.2, 0.25) is 0 Å². The number of aromatic nitrogens is 2. The van der Waals surface area contributed by atoms with E-state index >= 15 is 0 Å². The molecule has 53 heavy (non-hydrogen) atoms. The minimum atomic E-state index is -1.30. The minimum absolute atomic E-state index is 0.412. The standard InChI is InChI=1S/C45H43N7O/c1-4-6-26-41-47-42(43(3,53)5-2)40(31-46)52(41)32-33-27-29-34(30-28-33)38-24-16-17-25-39(38)45(48-50-51-49-45)44(35-18-10-7-11-19-35,36-20-12-8-13-21-36)37-22-14-9-15-23-37/h7-25,27-30,53H,4-6,26,32H2,1-3H3. The molecule has 0 bridgehead atoms. The molecule has 8 nitrogen and oxygen atoms in total. The fourth-order valence-corrected chi connectivity index (χ4v) is 7.68. The fraction of sp³-hybridized carbons (Fsp3) is 0.244. The van der Waals surface area contributed by atoms with E-state index in [-0.39, 0.29) is 0 Å². The van der Waals surface area contributed by atoms with Gasteiger partial charge in [0.15, 0.2) is 0 Å². The number of benzene rings is 5. The number of nitrogens with zero attached hydrogens (tertiary/aromatic N) is 7. The molecule has 5 aromatic carbocycles. The molecule has 0 fully saturated rings. The Morgan fingerprint density at radius 1 is 0.717 bits per heavy atom. The molecule has 8 heteroatoms. The summed E-state index contributed by atoms with van der Waals surface area (Å²) in [6, 6.07) is 50.2. The van der Waals surface area contributed by atoms with Crippen molar-refractivity contribution in [2.45, 2.75) is 69.7 Å². The second-order valence-corrected chi connectivity index (χ2v) is 13.8. The number of aryl methyl sites for hydroxylation is 1.